The number of carbonyl (C=O) groups excluding carboxylic acids is 1. The molecule has 0 aliphatic heterocycles. The van der Waals surface area contributed by atoms with Crippen molar-refractivity contribution in [3.8, 4) is 11.5 Å². The lowest BCUT2D eigenvalue weighted by Gasteiger charge is -2.10. The number of nitrogens with one attached hydrogen (secondary N) is 2. The second-order valence-corrected chi connectivity index (χ2v) is 5.37. The Kier molecular flexibility index (Phi) is 7.75. The van der Waals surface area contributed by atoms with Crippen molar-refractivity contribution in [1.29, 1.82) is 0 Å². The third-order valence-corrected chi connectivity index (χ3v) is 3.45. The van der Waals surface area contributed by atoms with Gasteiger partial charge in [0.15, 0.2) is 0 Å². The van der Waals surface area contributed by atoms with Crippen LogP contribution in [0.15, 0.2) is 48.5 Å². The summed E-state index contributed by atoms with van der Waals surface area (Å²) < 4.78 is 15.6. The quantitative estimate of drug-likeness (QED) is 0.648. The molecule has 6 heteroatoms. The van der Waals surface area contributed by atoms with Crippen LogP contribution in [0.25, 0.3) is 0 Å². The number of carbonyl (C=O) groups is 1. The molecule has 0 saturated carbocycles. The van der Waals surface area contributed by atoms with E-state index in [0.29, 0.717) is 31.2 Å². The smallest absolute Gasteiger partial charge is 0.238 e. The maximum atomic E-state index is 12.0. The minimum absolute atomic E-state index is 0.109. The molecule has 0 unspecified atom stereocenters. The average Bonchev–Trinajstić information content (AvgIpc) is 2.63. The standard InChI is InChI=1S/C19H24N2O4/c1-23-10-11-25-18-5-3-4-16(12-18)21-19(22)14-20-13-15-6-8-17(24-2)9-7-15/h3-9,12,20H,10-11,13-14H2,1-2H3,(H,21,22). The zero-order valence-corrected chi connectivity index (χ0v) is 14.6. The molecule has 1 amide bonds. The maximum Gasteiger partial charge on any atom is 0.238 e. The molecule has 0 heterocycles. The first-order valence-electron chi connectivity index (χ1n) is 8.06. The van der Waals surface area contributed by atoms with Gasteiger partial charge in [0, 0.05) is 25.4 Å². The van der Waals surface area contributed by atoms with E-state index in [0.717, 1.165) is 11.3 Å². The minimum Gasteiger partial charge on any atom is -0.497 e. The van der Waals surface area contributed by atoms with E-state index in [2.05, 4.69) is 10.6 Å². The largest absolute Gasteiger partial charge is 0.497 e. The van der Waals surface area contributed by atoms with Gasteiger partial charge in [-0.15, -0.1) is 0 Å². The van der Waals surface area contributed by atoms with E-state index in [1.165, 1.54) is 0 Å². The van der Waals surface area contributed by atoms with E-state index in [9.17, 15) is 4.79 Å². The molecular formula is C19H24N2O4. The van der Waals surface area contributed by atoms with E-state index in [4.69, 9.17) is 14.2 Å². The van der Waals surface area contributed by atoms with Crippen molar-refractivity contribution < 1.29 is 19.0 Å². The lowest BCUT2D eigenvalue weighted by molar-refractivity contribution is -0.115. The van der Waals surface area contributed by atoms with Gasteiger partial charge >= 0.3 is 0 Å². The molecule has 0 aromatic heterocycles. The first-order valence-corrected chi connectivity index (χ1v) is 8.06. The summed E-state index contributed by atoms with van der Waals surface area (Å²) in [6.45, 7) is 1.82. The van der Waals surface area contributed by atoms with E-state index >= 15 is 0 Å². The normalized spacial score (nSPS) is 10.3. The Labute approximate surface area is 148 Å². The van der Waals surface area contributed by atoms with Crippen LogP contribution in [0.5, 0.6) is 11.5 Å². The van der Waals surface area contributed by atoms with Gasteiger partial charge in [-0.3, -0.25) is 4.79 Å². The highest BCUT2D eigenvalue weighted by Gasteiger charge is 2.04. The Morgan fingerprint density at radius 3 is 2.52 bits per heavy atom. The Hall–Kier alpha value is -2.57. The molecule has 0 atom stereocenters. The van der Waals surface area contributed by atoms with Gasteiger partial charge in [-0.2, -0.15) is 0 Å². The Bertz CT molecular complexity index is 659. The molecule has 2 N–H and O–H groups in total. The number of anilines is 1. The van der Waals surface area contributed by atoms with Crippen molar-refractivity contribution in [3.63, 3.8) is 0 Å². The highest BCUT2D eigenvalue weighted by atomic mass is 16.5. The third-order valence-electron chi connectivity index (χ3n) is 3.45. The summed E-state index contributed by atoms with van der Waals surface area (Å²) in [4.78, 5) is 12.0. The predicted octanol–water partition coefficient (Wildman–Crippen LogP) is 2.45. The van der Waals surface area contributed by atoms with Crippen LogP contribution >= 0.6 is 0 Å². The molecule has 0 fully saturated rings. The zero-order chi connectivity index (χ0) is 17.9. The van der Waals surface area contributed by atoms with Gasteiger partial charge in [-0.05, 0) is 29.8 Å². The van der Waals surface area contributed by atoms with Crippen molar-refractivity contribution in [3.05, 3.63) is 54.1 Å². The summed E-state index contributed by atoms with van der Waals surface area (Å²) in [6.07, 6.45) is 0. The van der Waals surface area contributed by atoms with Gasteiger partial charge in [0.2, 0.25) is 5.91 Å². The van der Waals surface area contributed by atoms with Crippen LogP contribution in [-0.2, 0) is 16.1 Å². The van der Waals surface area contributed by atoms with Gasteiger partial charge in [0.1, 0.15) is 18.1 Å². The SMILES string of the molecule is COCCOc1cccc(NC(=O)CNCc2ccc(OC)cc2)c1. The number of amides is 1. The van der Waals surface area contributed by atoms with Gasteiger partial charge in [0.05, 0.1) is 20.3 Å². The van der Waals surface area contributed by atoms with Crippen LogP contribution in [0.3, 0.4) is 0 Å². The van der Waals surface area contributed by atoms with Gasteiger partial charge in [0.25, 0.3) is 0 Å². The van der Waals surface area contributed by atoms with E-state index in [1.54, 1.807) is 20.3 Å². The molecule has 0 aliphatic rings. The summed E-state index contributed by atoms with van der Waals surface area (Å²) in [5, 5.41) is 5.96. The van der Waals surface area contributed by atoms with Crippen LogP contribution in [-0.4, -0.2) is 39.9 Å². The summed E-state index contributed by atoms with van der Waals surface area (Å²) in [6, 6.07) is 15.0. The summed E-state index contributed by atoms with van der Waals surface area (Å²) in [7, 11) is 3.26. The van der Waals surface area contributed by atoms with E-state index in [-0.39, 0.29) is 12.5 Å². The fraction of sp³-hybridized carbons (Fsp3) is 0.316. The van der Waals surface area contributed by atoms with Crippen LogP contribution in [0.2, 0.25) is 0 Å². The van der Waals surface area contributed by atoms with Crippen LogP contribution in [0.4, 0.5) is 5.69 Å². The summed E-state index contributed by atoms with van der Waals surface area (Å²) in [5.41, 5.74) is 1.79. The number of rotatable bonds is 10. The fourth-order valence-corrected chi connectivity index (χ4v) is 2.18. The number of methoxy groups -OCH3 is 2. The van der Waals surface area contributed by atoms with Crippen LogP contribution in [0.1, 0.15) is 5.56 Å². The molecule has 0 saturated heterocycles. The molecule has 2 aromatic carbocycles. The van der Waals surface area contributed by atoms with Gasteiger partial charge < -0.3 is 24.8 Å². The number of hydrogen-bond donors (Lipinski definition) is 2. The van der Waals surface area contributed by atoms with Gasteiger partial charge in [-0.1, -0.05) is 18.2 Å². The Balaban J connectivity index is 1.74. The van der Waals surface area contributed by atoms with Crippen molar-refractivity contribution >= 4 is 11.6 Å². The molecular weight excluding hydrogens is 320 g/mol. The summed E-state index contributed by atoms with van der Waals surface area (Å²) >= 11 is 0. The molecule has 2 rings (SSSR count). The topological polar surface area (TPSA) is 68.8 Å². The molecule has 25 heavy (non-hydrogen) atoms. The first kappa shape index (κ1) is 18.8. The van der Waals surface area contributed by atoms with Crippen molar-refractivity contribution in [1.82, 2.24) is 5.32 Å². The predicted molar refractivity (Wildman–Crippen MR) is 97.1 cm³/mol. The summed E-state index contributed by atoms with van der Waals surface area (Å²) in [5.74, 6) is 1.40. The Morgan fingerprint density at radius 2 is 1.80 bits per heavy atom. The Morgan fingerprint density at radius 1 is 1.00 bits per heavy atom. The lowest BCUT2D eigenvalue weighted by Crippen LogP contribution is -2.27. The lowest BCUT2D eigenvalue weighted by atomic mass is 10.2. The second-order valence-electron chi connectivity index (χ2n) is 5.37. The fourth-order valence-electron chi connectivity index (χ4n) is 2.18. The van der Waals surface area contributed by atoms with Crippen molar-refractivity contribution in [2.24, 2.45) is 0 Å². The number of hydrogen-bond acceptors (Lipinski definition) is 5. The molecule has 134 valence electrons. The maximum absolute atomic E-state index is 12.0. The van der Waals surface area contributed by atoms with Crippen LogP contribution < -0.4 is 20.1 Å². The molecule has 6 nitrogen and oxygen atoms in total. The van der Waals surface area contributed by atoms with E-state index < -0.39 is 0 Å². The second kappa shape index (κ2) is 10.3. The number of benzene rings is 2. The molecule has 0 radical (unpaired) electrons. The molecule has 0 spiro atoms. The first-order chi connectivity index (χ1) is 12.2. The van der Waals surface area contributed by atoms with Crippen molar-refractivity contribution in [2.75, 3.05) is 39.3 Å². The zero-order valence-electron chi connectivity index (χ0n) is 14.6. The monoisotopic (exact) mass is 344 g/mol. The average molecular weight is 344 g/mol. The molecule has 2 aromatic rings. The van der Waals surface area contributed by atoms with E-state index in [1.807, 2.05) is 42.5 Å². The minimum atomic E-state index is -0.109. The van der Waals surface area contributed by atoms with Gasteiger partial charge in [-0.25, -0.2) is 0 Å². The molecule has 0 aliphatic carbocycles. The molecule has 0 bridgehead atoms. The number of ether oxygens (including phenoxy) is 3. The highest BCUT2D eigenvalue weighted by molar-refractivity contribution is 5.92. The van der Waals surface area contributed by atoms with Crippen molar-refractivity contribution in [2.45, 2.75) is 6.54 Å². The third kappa shape index (κ3) is 6.82. The highest BCUT2D eigenvalue weighted by Crippen LogP contribution is 2.17. The van der Waals surface area contributed by atoms with Crippen LogP contribution in [0, 0.1) is 0 Å².